The van der Waals surface area contributed by atoms with Crippen molar-refractivity contribution in [2.75, 3.05) is 13.1 Å². The molecule has 0 aromatic carbocycles. The first-order valence-electron chi connectivity index (χ1n) is 4.43. The maximum absolute atomic E-state index is 10.7. The van der Waals surface area contributed by atoms with E-state index in [1.807, 2.05) is 6.92 Å². The summed E-state index contributed by atoms with van der Waals surface area (Å²) in [5.74, 6) is 0.543. The van der Waals surface area contributed by atoms with E-state index in [0.29, 0.717) is 18.5 Å². The Kier molecular flexibility index (Phi) is 1.72. The summed E-state index contributed by atoms with van der Waals surface area (Å²) in [6.45, 7) is 3.72. The van der Waals surface area contributed by atoms with Gasteiger partial charge in [-0.15, -0.1) is 0 Å². The molecule has 0 saturated carbocycles. The minimum Gasteiger partial charge on any atom is -0.465 e. The monoisotopic (exact) mass is 170 g/mol. The molecule has 68 valence electrons. The molecule has 4 nitrogen and oxygen atoms in total. The number of nitrogens with one attached hydrogen (secondary N) is 1. The quantitative estimate of drug-likeness (QED) is 0.551. The average Bonchev–Trinajstić information content (AvgIpc) is 2.53. The first kappa shape index (κ1) is 7.86. The Morgan fingerprint density at radius 3 is 3.00 bits per heavy atom. The van der Waals surface area contributed by atoms with E-state index >= 15 is 0 Å². The first-order chi connectivity index (χ1) is 5.70. The molecular weight excluding hydrogens is 156 g/mol. The molecule has 0 radical (unpaired) electrons. The van der Waals surface area contributed by atoms with Crippen molar-refractivity contribution in [3.8, 4) is 0 Å². The third-order valence-electron chi connectivity index (χ3n) is 3.15. The van der Waals surface area contributed by atoms with Crippen LogP contribution in [0.15, 0.2) is 0 Å². The zero-order valence-electron chi connectivity index (χ0n) is 7.16. The van der Waals surface area contributed by atoms with Gasteiger partial charge in [0, 0.05) is 18.6 Å². The molecule has 2 fully saturated rings. The summed E-state index contributed by atoms with van der Waals surface area (Å²) in [5, 5.41) is 12.2. The zero-order valence-corrected chi connectivity index (χ0v) is 7.16. The largest absolute Gasteiger partial charge is 0.465 e. The molecule has 3 atom stereocenters. The Labute approximate surface area is 71.5 Å². The van der Waals surface area contributed by atoms with Gasteiger partial charge in [-0.2, -0.15) is 0 Å². The number of nitrogens with zero attached hydrogens (tertiary/aromatic N) is 1. The van der Waals surface area contributed by atoms with Crippen LogP contribution in [0.4, 0.5) is 4.79 Å². The smallest absolute Gasteiger partial charge is 0.407 e. The van der Waals surface area contributed by atoms with Crippen LogP contribution in [0.1, 0.15) is 13.3 Å². The summed E-state index contributed by atoms with van der Waals surface area (Å²) in [6.07, 6.45) is 0.342. The molecule has 0 aromatic rings. The summed E-state index contributed by atoms with van der Waals surface area (Å²) in [6, 6.07) is 0.610. The van der Waals surface area contributed by atoms with Crippen molar-refractivity contribution < 1.29 is 9.90 Å². The Morgan fingerprint density at radius 1 is 1.67 bits per heavy atom. The summed E-state index contributed by atoms with van der Waals surface area (Å²) < 4.78 is 0. The summed E-state index contributed by atoms with van der Waals surface area (Å²) in [4.78, 5) is 12.3. The third-order valence-corrected chi connectivity index (χ3v) is 3.15. The van der Waals surface area contributed by atoms with Gasteiger partial charge in [0.1, 0.15) is 0 Å². The van der Waals surface area contributed by atoms with Gasteiger partial charge < -0.3 is 15.3 Å². The number of carbonyl (C=O) groups is 1. The molecule has 4 heteroatoms. The van der Waals surface area contributed by atoms with Gasteiger partial charge in [-0.05, 0) is 25.8 Å². The number of rotatable bonds is 0. The summed E-state index contributed by atoms with van der Waals surface area (Å²) >= 11 is 0. The molecule has 2 heterocycles. The van der Waals surface area contributed by atoms with Crippen molar-refractivity contribution in [1.82, 2.24) is 10.2 Å². The number of hydrogen-bond acceptors (Lipinski definition) is 2. The van der Waals surface area contributed by atoms with Crippen LogP contribution in [0.2, 0.25) is 0 Å². The van der Waals surface area contributed by atoms with E-state index in [-0.39, 0.29) is 6.04 Å². The van der Waals surface area contributed by atoms with Crippen molar-refractivity contribution >= 4 is 6.09 Å². The summed E-state index contributed by atoms with van der Waals surface area (Å²) in [7, 11) is 0. The predicted molar refractivity (Wildman–Crippen MR) is 44.1 cm³/mol. The van der Waals surface area contributed by atoms with E-state index in [0.717, 1.165) is 13.0 Å². The second-order valence-electron chi connectivity index (χ2n) is 3.69. The number of likely N-dealkylation sites (tertiary alicyclic amines) is 1. The van der Waals surface area contributed by atoms with Crippen LogP contribution in [0.25, 0.3) is 0 Å². The highest BCUT2D eigenvalue weighted by atomic mass is 16.4. The van der Waals surface area contributed by atoms with Crippen molar-refractivity contribution in [3.63, 3.8) is 0 Å². The lowest BCUT2D eigenvalue weighted by atomic mass is 9.98. The Hall–Kier alpha value is -0.770. The van der Waals surface area contributed by atoms with Gasteiger partial charge in [0.2, 0.25) is 0 Å². The van der Waals surface area contributed by atoms with Crippen LogP contribution in [0, 0.1) is 5.92 Å². The molecule has 0 aliphatic carbocycles. The number of amides is 1. The van der Waals surface area contributed by atoms with Crippen LogP contribution in [0.5, 0.6) is 0 Å². The highest BCUT2D eigenvalue weighted by molar-refractivity contribution is 5.66. The van der Waals surface area contributed by atoms with Crippen molar-refractivity contribution in [3.05, 3.63) is 0 Å². The molecular formula is C8H14N2O2. The second kappa shape index (κ2) is 2.62. The maximum Gasteiger partial charge on any atom is 0.407 e. The van der Waals surface area contributed by atoms with Gasteiger partial charge in [-0.1, -0.05) is 0 Å². The standard InChI is InChI=1S/C8H14N2O2/c1-5-6-2-3-9-7(6)4-10(5)8(11)12/h5-7,9H,2-4H2,1H3,(H,11,12). The zero-order chi connectivity index (χ0) is 8.72. The van der Waals surface area contributed by atoms with E-state index in [2.05, 4.69) is 5.32 Å². The van der Waals surface area contributed by atoms with Gasteiger partial charge in [-0.3, -0.25) is 0 Å². The molecule has 12 heavy (non-hydrogen) atoms. The van der Waals surface area contributed by atoms with Gasteiger partial charge in [0.25, 0.3) is 0 Å². The molecule has 0 aromatic heterocycles. The fourth-order valence-electron chi connectivity index (χ4n) is 2.43. The van der Waals surface area contributed by atoms with Crippen molar-refractivity contribution in [1.29, 1.82) is 0 Å². The van der Waals surface area contributed by atoms with Crippen LogP contribution >= 0.6 is 0 Å². The average molecular weight is 170 g/mol. The molecule has 2 N–H and O–H groups in total. The lowest BCUT2D eigenvalue weighted by molar-refractivity contribution is 0.137. The lowest BCUT2D eigenvalue weighted by Crippen LogP contribution is -2.36. The van der Waals surface area contributed by atoms with Crippen LogP contribution in [0.3, 0.4) is 0 Å². The Bertz CT molecular complexity index is 207. The van der Waals surface area contributed by atoms with Crippen molar-refractivity contribution in [2.24, 2.45) is 5.92 Å². The second-order valence-corrected chi connectivity index (χ2v) is 3.69. The molecule has 0 spiro atoms. The Balaban J connectivity index is 2.10. The molecule has 2 aliphatic heterocycles. The minimum absolute atomic E-state index is 0.197. The van der Waals surface area contributed by atoms with Crippen LogP contribution in [-0.4, -0.2) is 41.3 Å². The van der Waals surface area contributed by atoms with E-state index < -0.39 is 6.09 Å². The molecule has 1 amide bonds. The van der Waals surface area contributed by atoms with Gasteiger partial charge >= 0.3 is 6.09 Å². The lowest BCUT2D eigenvalue weighted by Gasteiger charge is -2.20. The predicted octanol–water partition coefficient (Wildman–Crippen LogP) is 0.347. The van der Waals surface area contributed by atoms with Crippen LogP contribution < -0.4 is 5.32 Å². The van der Waals surface area contributed by atoms with Gasteiger partial charge in [0.15, 0.2) is 0 Å². The van der Waals surface area contributed by atoms with Gasteiger partial charge in [-0.25, -0.2) is 4.79 Å². The van der Waals surface area contributed by atoms with Gasteiger partial charge in [0.05, 0.1) is 0 Å². The van der Waals surface area contributed by atoms with Crippen molar-refractivity contribution in [2.45, 2.75) is 25.4 Å². The Morgan fingerprint density at radius 2 is 2.42 bits per heavy atom. The molecule has 2 aliphatic rings. The van der Waals surface area contributed by atoms with E-state index in [9.17, 15) is 4.79 Å². The first-order valence-corrected chi connectivity index (χ1v) is 4.43. The highest BCUT2D eigenvalue weighted by Crippen LogP contribution is 2.30. The highest BCUT2D eigenvalue weighted by Gasteiger charge is 2.43. The normalized spacial score (nSPS) is 40.1. The van der Waals surface area contributed by atoms with E-state index in [1.54, 1.807) is 4.90 Å². The fourth-order valence-corrected chi connectivity index (χ4v) is 2.43. The number of carboxylic acid groups (broad SMARTS) is 1. The van der Waals surface area contributed by atoms with E-state index in [4.69, 9.17) is 5.11 Å². The molecule has 2 saturated heterocycles. The molecule has 3 unspecified atom stereocenters. The molecule has 0 bridgehead atoms. The third kappa shape index (κ3) is 0.982. The topological polar surface area (TPSA) is 52.6 Å². The SMILES string of the molecule is CC1C2CCNC2CN1C(=O)O. The molecule has 2 rings (SSSR count). The number of fused-ring (bicyclic) bond motifs is 1. The number of hydrogen-bond donors (Lipinski definition) is 2. The maximum atomic E-state index is 10.7. The minimum atomic E-state index is -0.779. The van der Waals surface area contributed by atoms with Crippen LogP contribution in [-0.2, 0) is 0 Å². The van der Waals surface area contributed by atoms with E-state index in [1.165, 1.54) is 0 Å². The summed E-state index contributed by atoms with van der Waals surface area (Å²) in [5.41, 5.74) is 0. The fraction of sp³-hybridized carbons (Fsp3) is 0.875.